The summed E-state index contributed by atoms with van der Waals surface area (Å²) >= 11 is 1.01. The topological polar surface area (TPSA) is 93.8 Å². The molecule has 1 aliphatic heterocycles. The Bertz CT molecular complexity index is 1340. The smallest absolute Gasteiger partial charge is 0.332 e. The van der Waals surface area contributed by atoms with Gasteiger partial charge in [0.2, 0.25) is 0 Å². The number of aliphatic hydroxyl groups excluding tert-OH is 1. The Balaban J connectivity index is 1.85. The highest BCUT2D eigenvalue weighted by molar-refractivity contribution is 7.20. The highest BCUT2D eigenvalue weighted by Crippen LogP contribution is 2.32. The summed E-state index contributed by atoms with van der Waals surface area (Å²) in [5, 5.41) is 9.83. The van der Waals surface area contributed by atoms with Gasteiger partial charge < -0.3 is 14.7 Å². The number of alkyl halides is 2. The molecule has 3 aromatic rings. The van der Waals surface area contributed by atoms with Crippen LogP contribution in [0.3, 0.4) is 0 Å². The quantitative estimate of drug-likeness (QED) is 0.531. The largest absolute Gasteiger partial charge is 0.393 e. The van der Waals surface area contributed by atoms with E-state index in [9.17, 15) is 19.5 Å². The van der Waals surface area contributed by atoms with Crippen molar-refractivity contribution in [2.45, 2.75) is 44.9 Å². The van der Waals surface area contributed by atoms with Crippen molar-refractivity contribution >= 4 is 27.5 Å². The molecule has 35 heavy (non-hydrogen) atoms. The maximum absolute atomic E-state index is 15.1. The number of aryl methyl sites for hydroxylation is 1. The van der Waals surface area contributed by atoms with Gasteiger partial charge in [-0.2, -0.15) is 8.78 Å². The number of hydrogen-bond acceptors (Lipinski definition) is 6. The number of likely N-dealkylation sites (tertiary alicyclic amines) is 1. The molecule has 0 spiro atoms. The number of carbonyl (C=O) groups excluding carboxylic acids is 1. The number of aromatic nitrogens is 2. The van der Waals surface area contributed by atoms with E-state index in [-0.39, 0.29) is 39.7 Å². The monoisotopic (exact) mass is 507 g/mol. The molecule has 1 N–H and O–H groups in total. The molecule has 1 aliphatic rings. The third-order valence-corrected chi connectivity index (χ3v) is 7.61. The molecule has 0 atom stereocenters. The standard InChI is InChI=1S/C24H27F2N3O5S/c1-15-18-20(31)29(14-24(25,26)16-6-4-3-5-7-16)23(33)28(12-13-34-2)22(18)35-19(15)21(32)27-10-8-17(30)9-11-27/h3-7,17,30H,8-14H2,1-2H3. The molecule has 1 fully saturated rings. The van der Waals surface area contributed by atoms with Gasteiger partial charge in [0.15, 0.2) is 0 Å². The number of rotatable bonds is 7. The molecular formula is C24H27F2N3O5S. The fourth-order valence-corrected chi connectivity index (χ4v) is 5.59. The van der Waals surface area contributed by atoms with Crippen molar-refractivity contribution in [2.24, 2.45) is 0 Å². The lowest BCUT2D eigenvalue weighted by Gasteiger charge is -2.29. The van der Waals surface area contributed by atoms with Gasteiger partial charge in [0.05, 0.1) is 36.1 Å². The van der Waals surface area contributed by atoms with Crippen LogP contribution in [0.1, 0.15) is 33.6 Å². The molecule has 1 amide bonds. The fraction of sp³-hybridized carbons (Fsp3) is 0.458. The number of fused-ring (bicyclic) bond motifs is 1. The molecule has 11 heteroatoms. The number of hydrogen-bond donors (Lipinski definition) is 1. The summed E-state index contributed by atoms with van der Waals surface area (Å²) in [4.78, 5) is 42.0. The van der Waals surface area contributed by atoms with Gasteiger partial charge in [-0.15, -0.1) is 11.3 Å². The van der Waals surface area contributed by atoms with Gasteiger partial charge in [0.1, 0.15) is 4.83 Å². The number of piperidine rings is 1. The van der Waals surface area contributed by atoms with Crippen molar-refractivity contribution in [3.8, 4) is 0 Å². The predicted octanol–water partition coefficient (Wildman–Crippen LogP) is 2.57. The molecule has 2 aromatic heterocycles. The van der Waals surface area contributed by atoms with Crippen LogP contribution in [0.25, 0.3) is 10.2 Å². The van der Waals surface area contributed by atoms with Gasteiger partial charge >= 0.3 is 5.69 Å². The van der Waals surface area contributed by atoms with E-state index in [1.165, 1.54) is 35.9 Å². The highest BCUT2D eigenvalue weighted by atomic mass is 32.1. The number of thiophene rings is 1. The van der Waals surface area contributed by atoms with Crippen LogP contribution in [-0.2, 0) is 23.7 Å². The van der Waals surface area contributed by atoms with Crippen LogP contribution in [0.15, 0.2) is 39.9 Å². The fourth-order valence-electron chi connectivity index (χ4n) is 4.30. The Kier molecular flexibility index (Phi) is 7.20. The minimum absolute atomic E-state index is 0.0342. The highest BCUT2D eigenvalue weighted by Gasteiger charge is 2.35. The number of halogens is 2. The second-order valence-corrected chi connectivity index (χ2v) is 9.65. The zero-order valence-electron chi connectivity index (χ0n) is 19.5. The van der Waals surface area contributed by atoms with Gasteiger partial charge in [-0.05, 0) is 25.3 Å². The van der Waals surface area contributed by atoms with Gasteiger partial charge in [0, 0.05) is 25.8 Å². The summed E-state index contributed by atoms with van der Waals surface area (Å²) in [6, 6.07) is 7.02. The third kappa shape index (κ3) is 4.80. The molecule has 0 unspecified atom stereocenters. The first kappa shape index (κ1) is 25.2. The van der Waals surface area contributed by atoms with E-state index in [0.717, 1.165) is 11.3 Å². The molecule has 3 heterocycles. The number of nitrogens with zero attached hydrogens (tertiary/aromatic N) is 3. The van der Waals surface area contributed by atoms with Crippen molar-refractivity contribution < 1.29 is 23.4 Å². The van der Waals surface area contributed by atoms with E-state index in [0.29, 0.717) is 36.1 Å². The summed E-state index contributed by atoms with van der Waals surface area (Å²) < 4.78 is 37.0. The van der Waals surface area contributed by atoms with E-state index in [4.69, 9.17) is 4.74 Å². The molecule has 1 saturated heterocycles. The number of ether oxygens (including phenoxy) is 1. The summed E-state index contributed by atoms with van der Waals surface area (Å²) in [7, 11) is 1.45. The number of benzene rings is 1. The predicted molar refractivity (Wildman–Crippen MR) is 128 cm³/mol. The van der Waals surface area contributed by atoms with Gasteiger partial charge in [0.25, 0.3) is 17.4 Å². The molecule has 8 nitrogen and oxygen atoms in total. The van der Waals surface area contributed by atoms with Crippen LogP contribution in [-0.4, -0.2) is 58.0 Å². The Morgan fingerprint density at radius 2 is 1.83 bits per heavy atom. The third-order valence-electron chi connectivity index (χ3n) is 6.31. The molecular weight excluding hydrogens is 480 g/mol. The van der Waals surface area contributed by atoms with E-state index in [1.807, 2.05) is 0 Å². The Hall–Kier alpha value is -2.89. The summed E-state index contributed by atoms with van der Waals surface area (Å²) in [5.74, 6) is -3.77. The van der Waals surface area contributed by atoms with Crippen LogP contribution in [0.5, 0.6) is 0 Å². The van der Waals surface area contributed by atoms with Crippen LogP contribution in [0.2, 0.25) is 0 Å². The first-order valence-electron chi connectivity index (χ1n) is 11.3. The first-order chi connectivity index (χ1) is 16.7. The minimum Gasteiger partial charge on any atom is -0.393 e. The average Bonchev–Trinajstić information content (AvgIpc) is 3.19. The summed E-state index contributed by atoms with van der Waals surface area (Å²) in [5.41, 5.74) is -1.68. The Labute approximate surface area is 204 Å². The first-order valence-corrected chi connectivity index (χ1v) is 12.1. The Morgan fingerprint density at radius 1 is 1.17 bits per heavy atom. The average molecular weight is 508 g/mol. The Morgan fingerprint density at radius 3 is 2.46 bits per heavy atom. The molecule has 0 saturated carbocycles. The van der Waals surface area contributed by atoms with Crippen LogP contribution in [0.4, 0.5) is 8.78 Å². The van der Waals surface area contributed by atoms with Crippen LogP contribution in [0, 0.1) is 6.92 Å². The minimum atomic E-state index is -3.46. The molecule has 188 valence electrons. The van der Waals surface area contributed by atoms with E-state index in [1.54, 1.807) is 17.9 Å². The second-order valence-electron chi connectivity index (χ2n) is 8.65. The summed E-state index contributed by atoms with van der Waals surface area (Å²) in [6.07, 6.45) is 0.450. The number of amides is 1. The molecule has 0 radical (unpaired) electrons. The lowest BCUT2D eigenvalue weighted by molar-refractivity contribution is -0.0244. The normalized spacial score (nSPS) is 15.2. The van der Waals surface area contributed by atoms with Gasteiger partial charge in [-0.3, -0.25) is 18.7 Å². The maximum Gasteiger partial charge on any atom is 0.332 e. The molecule has 1 aromatic carbocycles. The van der Waals surface area contributed by atoms with Gasteiger partial charge in [-0.1, -0.05) is 30.3 Å². The second kappa shape index (κ2) is 10.00. The molecule has 4 rings (SSSR count). The number of methoxy groups -OCH3 is 1. The molecule has 0 aliphatic carbocycles. The van der Waals surface area contributed by atoms with Crippen molar-refractivity contribution in [3.05, 3.63) is 67.2 Å². The SMILES string of the molecule is COCCn1c(=O)n(CC(F)(F)c2ccccc2)c(=O)c2c(C)c(C(=O)N3CCC(O)CC3)sc21. The zero-order valence-corrected chi connectivity index (χ0v) is 20.3. The van der Waals surface area contributed by atoms with E-state index in [2.05, 4.69) is 0 Å². The van der Waals surface area contributed by atoms with E-state index < -0.39 is 29.8 Å². The summed E-state index contributed by atoms with van der Waals surface area (Å²) in [6.45, 7) is 1.37. The number of aliphatic hydroxyl groups is 1. The molecule has 0 bridgehead atoms. The maximum atomic E-state index is 15.1. The zero-order chi connectivity index (χ0) is 25.3. The van der Waals surface area contributed by atoms with Crippen molar-refractivity contribution in [1.29, 1.82) is 0 Å². The van der Waals surface area contributed by atoms with Crippen LogP contribution >= 0.6 is 11.3 Å². The van der Waals surface area contributed by atoms with Crippen molar-refractivity contribution in [1.82, 2.24) is 14.0 Å². The van der Waals surface area contributed by atoms with Crippen molar-refractivity contribution in [3.63, 3.8) is 0 Å². The lowest BCUT2D eigenvalue weighted by Crippen LogP contribution is -2.43. The number of carbonyl (C=O) groups is 1. The van der Waals surface area contributed by atoms with E-state index >= 15 is 8.78 Å². The lowest BCUT2D eigenvalue weighted by atomic mass is 10.1. The van der Waals surface area contributed by atoms with Gasteiger partial charge in [-0.25, -0.2) is 4.79 Å². The van der Waals surface area contributed by atoms with Crippen molar-refractivity contribution in [2.75, 3.05) is 26.8 Å². The van der Waals surface area contributed by atoms with Crippen LogP contribution < -0.4 is 11.2 Å².